The lowest BCUT2D eigenvalue weighted by Crippen LogP contribution is -2.43. The van der Waals surface area contributed by atoms with Crippen LogP contribution in [0.25, 0.3) is 0 Å². The van der Waals surface area contributed by atoms with Crippen molar-refractivity contribution in [2.45, 2.75) is 84.3 Å². The van der Waals surface area contributed by atoms with Crippen molar-refractivity contribution in [3.8, 4) is 0 Å². The second-order valence-electron chi connectivity index (χ2n) is 10.8. The molecule has 3 heterocycles. The van der Waals surface area contributed by atoms with E-state index in [-0.39, 0.29) is 22.7 Å². The molecule has 34 heavy (non-hydrogen) atoms. The molecule has 0 radical (unpaired) electrons. The monoisotopic (exact) mass is 461 g/mol. The third kappa shape index (κ3) is 3.89. The van der Waals surface area contributed by atoms with E-state index in [4.69, 9.17) is 0 Å². The average Bonchev–Trinajstić information content (AvgIpc) is 3.60. The summed E-state index contributed by atoms with van der Waals surface area (Å²) in [4.78, 5) is 39.5. The van der Waals surface area contributed by atoms with Gasteiger partial charge in [0.15, 0.2) is 0 Å². The predicted octanol–water partition coefficient (Wildman–Crippen LogP) is 4.51. The third-order valence-electron chi connectivity index (χ3n) is 7.40. The van der Waals surface area contributed by atoms with Crippen molar-refractivity contribution in [2.75, 3.05) is 0 Å². The summed E-state index contributed by atoms with van der Waals surface area (Å²) in [5.41, 5.74) is 1.44. The van der Waals surface area contributed by atoms with Gasteiger partial charge in [0.05, 0.1) is 11.1 Å². The number of rotatable bonds is 6. The third-order valence-corrected chi connectivity index (χ3v) is 7.40. The maximum Gasteiger partial charge on any atom is 0.254 e. The van der Waals surface area contributed by atoms with E-state index in [1.165, 1.54) is 0 Å². The zero-order chi connectivity index (χ0) is 25.0. The highest BCUT2D eigenvalue weighted by molar-refractivity contribution is 5.34. The van der Waals surface area contributed by atoms with E-state index >= 15 is 0 Å². The molecular weight excluding hydrogens is 426 g/mol. The van der Waals surface area contributed by atoms with E-state index in [9.17, 15) is 14.4 Å². The standard InChI is InChI=1S/C28H35N3O3/c1-18(2)29-15-12-21(17-24(29)32)27(4,5)31-16-13-23(19(3)25(31)33)28(6,7)30-14-8-9-22(26(30)34)20-10-11-20/h8-9,12-18,20H,10-11H2,1-7H3. The molecule has 0 atom stereocenters. The van der Waals surface area contributed by atoms with Crippen LogP contribution in [0.5, 0.6) is 0 Å². The Kier molecular flexibility index (Phi) is 5.83. The molecule has 180 valence electrons. The second-order valence-corrected chi connectivity index (χ2v) is 10.8. The van der Waals surface area contributed by atoms with Gasteiger partial charge < -0.3 is 13.7 Å². The van der Waals surface area contributed by atoms with Crippen molar-refractivity contribution in [1.82, 2.24) is 13.7 Å². The zero-order valence-corrected chi connectivity index (χ0v) is 21.3. The first-order valence-corrected chi connectivity index (χ1v) is 12.0. The summed E-state index contributed by atoms with van der Waals surface area (Å²) in [6.45, 7) is 13.6. The minimum absolute atomic E-state index is 0.0182. The van der Waals surface area contributed by atoms with E-state index in [1.807, 2.05) is 78.9 Å². The van der Waals surface area contributed by atoms with Gasteiger partial charge >= 0.3 is 0 Å². The Bertz CT molecular complexity index is 1420. The van der Waals surface area contributed by atoms with Crippen molar-refractivity contribution in [3.63, 3.8) is 0 Å². The highest BCUT2D eigenvalue weighted by Gasteiger charge is 2.33. The van der Waals surface area contributed by atoms with Crippen LogP contribution in [-0.2, 0) is 11.1 Å². The van der Waals surface area contributed by atoms with E-state index in [0.29, 0.717) is 11.5 Å². The fourth-order valence-electron chi connectivity index (χ4n) is 4.96. The summed E-state index contributed by atoms with van der Waals surface area (Å²) in [6, 6.07) is 9.37. The van der Waals surface area contributed by atoms with E-state index in [0.717, 1.165) is 29.5 Å². The lowest BCUT2D eigenvalue weighted by molar-refractivity contribution is 0.397. The Labute approximate surface area is 200 Å². The predicted molar refractivity (Wildman–Crippen MR) is 136 cm³/mol. The molecular formula is C28H35N3O3. The van der Waals surface area contributed by atoms with Gasteiger partial charge in [0.2, 0.25) is 0 Å². The first kappa shape index (κ1) is 24.0. The molecule has 0 aliphatic heterocycles. The van der Waals surface area contributed by atoms with Crippen LogP contribution < -0.4 is 16.7 Å². The normalized spacial score (nSPS) is 14.6. The number of hydrogen-bond acceptors (Lipinski definition) is 3. The Morgan fingerprint density at radius 3 is 2.09 bits per heavy atom. The number of nitrogens with zero attached hydrogens (tertiary/aromatic N) is 3. The lowest BCUT2D eigenvalue weighted by Gasteiger charge is -2.33. The summed E-state index contributed by atoms with van der Waals surface area (Å²) in [5, 5.41) is 0. The van der Waals surface area contributed by atoms with Crippen LogP contribution in [-0.4, -0.2) is 13.7 Å². The molecule has 6 nitrogen and oxygen atoms in total. The minimum Gasteiger partial charge on any atom is -0.313 e. The zero-order valence-electron chi connectivity index (χ0n) is 21.3. The smallest absolute Gasteiger partial charge is 0.254 e. The number of aromatic nitrogens is 3. The first-order valence-electron chi connectivity index (χ1n) is 12.0. The largest absolute Gasteiger partial charge is 0.313 e. The summed E-state index contributed by atoms with van der Waals surface area (Å²) in [7, 11) is 0. The van der Waals surface area contributed by atoms with Gasteiger partial charge in [-0.3, -0.25) is 14.4 Å². The molecule has 1 saturated carbocycles. The quantitative estimate of drug-likeness (QED) is 0.543. The van der Waals surface area contributed by atoms with Crippen LogP contribution in [0.2, 0.25) is 0 Å². The Balaban J connectivity index is 1.79. The lowest BCUT2D eigenvalue weighted by atomic mass is 9.89. The SMILES string of the molecule is Cc1c(C(C)(C)n2cccc(C3CC3)c2=O)ccn(C(C)(C)c2ccn(C(C)C)c(=O)c2)c1=O. The van der Waals surface area contributed by atoms with Crippen LogP contribution in [0.15, 0.2) is 63.3 Å². The Morgan fingerprint density at radius 1 is 0.853 bits per heavy atom. The molecule has 4 rings (SSSR count). The maximum absolute atomic E-state index is 13.6. The van der Waals surface area contributed by atoms with E-state index in [2.05, 4.69) is 0 Å². The minimum atomic E-state index is -0.720. The molecule has 0 unspecified atom stereocenters. The van der Waals surface area contributed by atoms with E-state index < -0.39 is 11.1 Å². The highest BCUT2D eigenvalue weighted by Crippen LogP contribution is 2.38. The van der Waals surface area contributed by atoms with Gasteiger partial charge in [-0.1, -0.05) is 6.07 Å². The van der Waals surface area contributed by atoms with Crippen molar-refractivity contribution >= 4 is 0 Å². The van der Waals surface area contributed by atoms with Gasteiger partial charge in [-0.25, -0.2) is 0 Å². The Hall–Kier alpha value is -3.15. The summed E-state index contributed by atoms with van der Waals surface area (Å²) < 4.78 is 5.11. The van der Waals surface area contributed by atoms with Gasteiger partial charge in [0.1, 0.15) is 0 Å². The molecule has 3 aromatic heterocycles. The molecule has 6 heteroatoms. The average molecular weight is 462 g/mol. The Morgan fingerprint density at radius 2 is 1.50 bits per heavy atom. The van der Waals surface area contributed by atoms with Gasteiger partial charge in [-0.2, -0.15) is 0 Å². The fraction of sp³-hybridized carbons (Fsp3) is 0.464. The molecule has 3 aromatic rings. The molecule has 0 aromatic carbocycles. The van der Waals surface area contributed by atoms with Crippen molar-refractivity contribution in [2.24, 2.45) is 0 Å². The maximum atomic E-state index is 13.6. The van der Waals surface area contributed by atoms with Crippen LogP contribution in [0, 0.1) is 6.92 Å². The molecule has 0 saturated heterocycles. The van der Waals surface area contributed by atoms with Gasteiger partial charge in [-0.15, -0.1) is 0 Å². The number of pyridine rings is 3. The summed E-state index contributed by atoms with van der Waals surface area (Å²) in [6.07, 6.45) is 7.51. The molecule has 0 bridgehead atoms. The summed E-state index contributed by atoms with van der Waals surface area (Å²) >= 11 is 0. The van der Waals surface area contributed by atoms with Gasteiger partial charge in [0, 0.05) is 41.8 Å². The van der Waals surface area contributed by atoms with Crippen LogP contribution >= 0.6 is 0 Å². The molecule has 1 aliphatic carbocycles. The van der Waals surface area contributed by atoms with Crippen molar-refractivity contribution in [3.05, 3.63) is 102 Å². The fourth-order valence-corrected chi connectivity index (χ4v) is 4.96. The molecule has 1 aliphatic rings. The first-order chi connectivity index (χ1) is 15.9. The highest BCUT2D eigenvalue weighted by atomic mass is 16.1. The van der Waals surface area contributed by atoms with Gasteiger partial charge in [-0.05, 0) is 96.6 Å². The molecule has 0 spiro atoms. The molecule has 1 fully saturated rings. The summed E-state index contributed by atoms with van der Waals surface area (Å²) in [5.74, 6) is 0.358. The molecule has 0 amide bonds. The van der Waals surface area contributed by atoms with Crippen LogP contribution in [0.4, 0.5) is 0 Å². The van der Waals surface area contributed by atoms with Gasteiger partial charge in [0.25, 0.3) is 16.7 Å². The van der Waals surface area contributed by atoms with E-state index in [1.54, 1.807) is 32.2 Å². The molecule has 0 N–H and O–H groups in total. The van der Waals surface area contributed by atoms with Crippen molar-refractivity contribution in [1.29, 1.82) is 0 Å². The van der Waals surface area contributed by atoms with Crippen LogP contribution in [0.3, 0.4) is 0 Å². The second kappa shape index (κ2) is 8.26. The van der Waals surface area contributed by atoms with Crippen LogP contribution in [0.1, 0.15) is 88.6 Å². The topological polar surface area (TPSA) is 66.0 Å². The van der Waals surface area contributed by atoms with Crippen molar-refractivity contribution < 1.29 is 0 Å². The number of hydrogen-bond donors (Lipinski definition) is 0.